The molecule has 114 valence electrons. The van der Waals surface area contributed by atoms with E-state index in [0.29, 0.717) is 0 Å². The number of hydrogen-bond donors (Lipinski definition) is 1. The van der Waals surface area contributed by atoms with Gasteiger partial charge in [-0.3, -0.25) is 4.90 Å². The maximum Gasteiger partial charge on any atom is 0.0955 e. The highest BCUT2D eigenvalue weighted by Gasteiger charge is 2.26. The van der Waals surface area contributed by atoms with Gasteiger partial charge in [0.25, 0.3) is 0 Å². The second-order valence-corrected chi connectivity index (χ2v) is 6.77. The molecular formula is C16H23N3OS. The number of hydrogen-bond acceptors (Lipinski definition) is 5. The molecule has 21 heavy (non-hydrogen) atoms. The zero-order chi connectivity index (χ0) is 14.7. The number of fused-ring (bicyclic) bond motifs is 1. The van der Waals surface area contributed by atoms with E-state index in [1.807, 2.05) is 6.07 Å². The van der Waals surface area contributed by atoms with Crippen molar-refractivity contribution in [1.29, 1.82) is 0 Å². The molecule has 0 aliphatic carbocycles. The minimum Gasteiger partial charge on any atom is -0.374 e. The minimum atomic E-state index is 0.0187. The lowest BCUT2D eigenvalue weighted by Gasteiger charge is -2.35. The fraction of sp³-hybridized carbons (Fsp3) is 0.562. The van der Waals surface area contributed by atoms with Crippen LogP contribution in [0.2, 0.25) is 0 Å². The van der Waals surface area contributed by atoms with Crippen LogP contribution in [-0.2, 0) is 11.2 Å². The van der Waals surface area contributed by atoms with Crippen molar-refractivity contribution in [3.63, 3.8) is 0 Å². The van der Waals surface area contributed by atoms with Gasteiger partial charge in [0.1, 0.15) is 0 Å². The van der Waals surface area contributed by atoms with E-state index >= 15 is 0 Å². The zero-order valence-corrected chi connectivity index (χ0v) is 13.3. The van der Waals surface area contributed by atoms with Gasteiger partial charge in [-0.05, 0) is 25.1 Å². The molecule has 1 aliphatic heterocycles. The molecule has 0 radical (unpaired) electrons. The van der Waals surface area contributed by atoms with E-state index in [1.165, 1.54) is 11.1 Å². The standard InChI is InChI=1S/C16H23N3OS/c1-2-7-19-8-9-20-14(11-19)12(17)10-16-18-13-5-3-4-6-15(13)21-16/h3-6,12,14H,2,7-11,17H2,1H3. The van der Waals surface area contributed by atoms with Crippen molar-refractivity contribution in [2.75, 3.05) is 26.2 Å². The number of aromatic nitrogens is 1. The number of ether oxygens (including phenoxy) is 1. The van der Waals surface area contributed by atoms with Gasteiger partial charge >= 0.3 is 0 Å². The van der Waals surface area contributed by atoms with Crippen molar-refractivity contribution in [3.05, 3.63) is 29.3 Å². The van der Waals surface area contributed by atoms with Crippen LogP contribution in [0.15, 0.2) is 24.3 Å². The molecule has 2 aromatic rings. The van der Waals surface area contributed by atoms with Crippen molar-refractivity contribution in [2.45, 2.75) is 31.9 Å². The summed E-state index contributed by atoms with van der Waals surface area (Å²) < 4.78 is 7.11. The molecular weight excluding hydrogens is 282 g/mol. The van der Waals surface area contributed by atoms with Gasteiger partial charge in [0.15, 0.2) is 0 Å². The first-order chi connectivity index (χ1) is 10.3. The second-order valence-electron chi connectivity index (χ2n) is 5.65. The van der Waals surface area contributed by atoms with Gasteiger partial charge < -0.3 is 10.5 Å². The summed E-state index contributed by atoms with van der Waals surface area (Å²) >= 11 is 1.74. The molecule has 1 saturated heterocycles. The van der Waals surface area contributed by atoms with Crippen molar-refractivity contribution in [3.8, 4) is 0 Å². The van der Waals surface area contributed by atoms with E-state index in [0.717, 1.165) is 43.2 Å². The minimum absolute atomic E-state index is 0.0187. The molecule has 2 unspecified atom stereocenters. The highest BCUT2D eigenvalue weighted by atomic mass is 32.1. The van der Waals surface area contributed by atoms with Crippen LogP contribution in [0.4, 0.5) is 0 Å². The lowest BCUT2D eigenvalue weighted by Crippen LogP contribution is -2.51. The molecule has 1 aromatic heterocycles. The van der Waals surface area contributed by atoms with Crippen LogP contribution >= 0.6 is 11.3 Å². The average Bonchev–Trinajstić information content (AvgIpc) is 2.90. The third-order valence-corrected chi connectivity index (χ3v) is 5.00. The number of nitrogens with two attached hydrogens (primary N) is 1. The predicted molar refractivity (Wildman–Crippen MR) is 87.8 cm³/mol. The van der Waals surface area contributed by atoms with E-state index in [4.69, 9.17) is 10.5 Å². The SMILES string of the molecule is CCCN1CCOC(C(N)Cc2nc3ccccc3s2)C1. The quantitative estimate of drug-likeness (QED) is 0.921. The van der Waals surface area contributed by atoms with Crippen LogP contribution in [0.3, 0.4) is 0 Å². The van der Waals surface area contributed by atoms with E-state index in [9.17, 15) is 0 Å². The highest BCUT2D eigenvalue weighted by Crippen LogP contribution is 2.23. The molecule has 3 rings (SSSR count). The average molecular weight is 305 g/mol. The Balaban J connectivity index is 1.63. The van der Waals surface area contributed by atoms with Gasteiger partial charge in [-0.2, -0.15) is 0 Å². The first-order valence-electron chi connectivity index (χ1n) is 7.70. The summed E-state index contributed by atoms with van der Waals surface area (Å²) in [5.74, 6) is 0. The summed E-state index contributed by atoms with van der Waals surface area (Å²) in [7, 11) is 0. The smallest absolute Gasteiger partial charge is 0.0955 e. The van der Waals surface area contributed by atoms with Crippen LogP contribution in [0.25, 0.3) is 10.2 Å². The Bertz CT molecular complexity index is 551. The summed E-state index contributed by atoms with van der Waals surface area (Å²) in [6, 6.07) is 8.27. The topological polar surface area (TPSA) is 51.4 Å². The third-order valence-electron chi connectivity index (χ3n) is 3.94. The zero-order valence-electron chi connectivity index (χ0n) is 12.5. The molecule has 4 nitrogen and oxygen atoms in total. The van der Waals surface area contributed by atoms with Gasteiger partial charge in [-0.25, -0.2) is 4.98 Å². The summed E-state index contributed by atoms with van der Waals surface area (Å²) in [5.41, 5.74) is 7.45. The number of nitrogens with zero attached hydrogens (tertiary/aromatic N) is 2. The van der Waals surface area contributed by atoms with Crippen molar-refractivity contribution in [2.24, 2.45) is 5.73 Å². The molecule has 0 amide bonds. The molecule has 1 fully saturated rings. The molecule has 0 spiro atoms. The van der Waals surface area contributed by atoms with Gasteiger partial charge in [0.2, 0.25) is 0 Å². The monoisotopic (exact) mass is 305 g/mol. The van der Waals surface area contributed by atoms with Crippen LogP contribution in [-0.4, -0.2) is 48.3 Å². The summed E-state index contributed by atoms with van der Waals surface area (Å²) in [4.78, 5) is 7.12. The summed E-state index contributed by atoms with van der Waals surface area (Å²) in [5, 5.41) is 1.11. The fourth-order valence-corrected chi connectivity index (χ4v) is 3.89. The molecule has 1 aliphatic rings. The molecule has 5 heteroatoms. The first-order valence-corrected chi connectivity index (χ1v) is 8.52. The van der Waals surface area contributed by atoms with E-state index < -0.39 is 0 Å². The van der Waals surface area contributed by atoms with Gasteiger partial charge in [-0.15, -0.1) is 11.3 Å². The first kappa shape index (κ1) is 14.9. The fourth-order valence-electron chi connectivity index (χ4n) is 2.85. The summed E-state index contributed by atoms with van der Waals surface area (Å²) in [6.45, 7) is 6.11. The number of thiazole rings is 1. The normalized spacial score (nSPS) is 21.7. The number of morpholine rings is 1. The molecule has 2 N–H and O–H groups in total. The Morgan fingerprint density at radius 2 is 2.33 bits per heavy atom. The molecule has 0 bridgehead atoms. The Kier molecular flexibility index (Phi) is 4.85. The van der Waals surface area contributed by atoms with E-state index in [-0.39, 0.29) is 12.1 Å². The van der Waals surface area contributed by atoms with Crippen LogP contribution in [0.1, 0.15) is 18.4 Å². The Hall–Kier alpha value is -1.01. The molecule has 1 aromatic carbocycles. The Labute approximate surface area is 129 Å². The van der Waals surface area contributed by atoms with Crippen LogP contribution < -0.4 is 5.73 Å². The van der Waals surface area contributed by atoms with Crippen molar-refractivity contribution in [1.82, 2.24) is 9.88 Å². The molecule has 2 atom stereocenters. The van der Waals surface area contributed by atoms with Gasteiger partial charge in [0.05, 0.1) is 27.9 Å². The van der Waals surface area contributed by atoms with Crippen molar-refractivity contribution >= 4 is 21.6 Å². The van der Waals surface area contributed by atoms with Gasteiger partial charge in [0, 0.05) is 25.6 Å². The molecule has 0 saturated carbocycles. The largest absolute Gasteiger partial charge is 0.374 e. The molecule has 2 heterocycles. The second kappa shape index (κ2) is 6.83. The van der Waals surface area contributed by atoms with E-state index in [2.05, 4.69) is 35.0 Å². The van der Waals surface area contributed by atoms with Gasteiger partial charge in [-0.1, -0.05) is 19.1 Å². The predicted octanol–water partition coefficient (Wildman–Crippen LogP) is 2.28. The van der Waals surface area contributed by atoms with E-state index in [1.54, 1.807) is 11.3 Å². The number of benzene rings is 1. The third kappa shape index (κ3) is 3.61. The Morgan fingerprint density at radius 1 is 1.48 bits per heavy atom. The lowest BCUT2D eigenvalue weighted by molar-refractivity contribution is -0.0400. The number of rotatable bonds is 5. The summed E-state index contributed by atoms with van der Waals surface area (Å²) in [6.07, 6.45) is 2.10. The van der Waals surface area contributed by atoms with Crippen molar-refractivity contribution < 1.29 is 4.74 Å². The number of para-hydroxylation sites is 1. The highest BCUT2D eigenvalue weighted by molar-refractivity contribution is 7.18. The lowest BCUT2D eigenvalue weighted by atomic mass is 10.1. The maximum absolute atomic E-state index is 6.38. The maximum atomic E-state index is 6.38. The Morgan fingerprint density at radius 3 is 3.14 bits per heavy atom. The van der Waals surface area contributed by atoms with Crippen LogP contribution in [0, 0.1) is 0 Å². The van der Waals surface area contributed by atoms with Crippen LogP contribution in [0.5, 0.6) is 0 Å².